The molecule has 4 aromatic rings. The highest BCUT2D eigenvalue weighted by atomic mass is 32.1. The first-order valence-corrected chi connectivity index (χ1v) is 11.2. The largest absolute Gasteiger partial charge is 0.350 e. The summed E-state index contributed by atoms with van der Waals surface area (Å²) < 4.78 is 0. The standard InChI is InChI=1S/C26H23N3O2S/c30-25(28-18-20-10-3-1-4-11-20)24(21-12-5-2-6-13-21)29(19-22-14-9-17-32-22)26(31)23-15-7-8-16-27-23/h1-17,24H,18-19H2,(H,28,30)/t24-/m0/s1. The third-order valence-electron chi connectivity index (χ3n) is 5.04. The van der Waals surface area contributed by atoms with Crippen LogP contribution in [0.3, 0.4) is 0 Å². The van der Waals surface area contributed by atoms with Crippen molar-refractivity contribution in [2.24, 2.45) is 0 Å². The smallest absolute Gasteiger partial charge is 0.273 e. The highest BCUT2D eigenvalue weighted by Gasteiger charge is 2.32. The van der Waals surface area contributed by atoms with E-state index in [0.29, 0.717) is 18.8 Å². The summed E-state index contributed by atoms with van der Waals surface area (Å²) in [7, 11) is 0. The summed E-state index contributed by atoms with van der Waals surface area (Å²) in [6.07, 6.45) is 1.59. The number of carbonyl (C=O) groups excluding carboxylic acids is 2. The summed E-state index contributed by atoms with van der Waals surface area (Å²) >= 11 is 1.55. The van der Waals surface area contributed by atoms with Crippen LogP contribution in [-0.2, 0) is 17.9 Å². The Balaban J connectivity index is 1.68. The summed E-state index contributed by atoms with van der Waals surface area (Å²) in [6, 6.07) is 27.4. The van der Waals surface area contributed by atoms with Crippen molar-refractivity contribution in [3.05, 3.63) is 124 Å². The number of hydrogen-bond acceptors (Lipinski definition) is 4. The molecule has 0 saturated carbocycles. The van der Waals surface area contributed by atoms with Crippen molar-refractivity contribution < 1.29 is 9.59 Å². The molecule has 6 heteroatoms. The summed E-state index contributed by atoms with van der Waals surface area (Å²) in [5.41, 5.74) is 2.05. The van der Waals surface area contributed by atoms with Gasteiger partial charge in [0, 0.05) is 17.6 Å². The molecule has 0 fully saturated rings. The second-order valence-electron chi connectivity index (χ2n) is 7.24. The number of pyridine rings is 1. The van der Waals surface area contributed by atoms with E-state index in [-0.39, 0.29) is 11.8 Å². The van der Waals surface area contributed by atoms with Gasteiger partial charge in [0.2, 0.25) is 5.91 Å². The summed E-state index contributed by atoms with van der Waals surface area (Å²) in [4.78, 5) is 33.9. The van der Waals surface area contributed by atoms with Crippen molar-refractivity contribution in [1.82, 2.24) is 15.2 Å². The number of hydrogen-bond donors (Lipinski definition) is 1. The van der Waals surface area contributed by atoms with Gasteiger partial charge in [0.25, 0.3) is 5.91 Å². The monoisotopic (exact) mass is 441 g/mol. The maximum absolute atomic E-state index is 13.6. The highest BCUT2D eigenvalue weighted by molar-refractivity contribution is 7.09. The van der Waals surface area contributed by atoms with E-state index in [1.165, 1.54) is 0 Å². The molecule has 0 radical (unpaired) electrons. The van der Waals surface area contributed by atoms with E-state index in [0.717, 1.165) is 16.0 Å². The maximum Gasteiger partial charge on any atom is 0.273 e. The molecule has 160 valence electrons. The minimum atomic E-state index is -0.795. The van der Waals surface area contributed by atoms with Crippen LogP contribution >= 0.6 is 11.3 Å². The predicted molar refractivity (Wildman–Crippen MR) is 126 cm³/mol. The number of benzene rings is 2. The molecule has 2 heterocycles. The molecule has 0 aliphatic carbocycles. The number of rotatable bonds is 8. The van der Waals surface area contributed by atoms with Gasteiger partial charge < -0.3 is 10.2 Å². The number of aromatic nitrogens is 1. The normalized spacial score (nSPS) is 11.5. The first-order chi connectivity index (χ1) is 15.7. The Morgan fingerprint density at radius 2 is 1.59 bits per heavy atom. The SMILES string of the molecule is O=C(NCc1ccccc1)[C@H](c1ccccc1)N(Cc1cccs1)C(=O)c1ccccn1. The molecule has 4 rings (SSSR count). The van der Waals surface area contributed by atoms with E-state index in [1.807, 2.05) is 78.2 Å². The van der Waals surface area contributed by atoms with Crippen LogP contribution in [0, 0.1) is 0 Å². The molecule has 0 aliphatic heterocycles. The maximum atomic E-state index is 13.6. The lowest BCUT2D eigenvalue weighted by Crippen LogP contribution is -2.43. The fourth-order valence-electron chi connectivity index (χ4n) is 3.48. The molecule has 2 aromatic heterocycles. The first-order valence-electron chi connectivity index (χ1n) is 10.3. The van der Waals surface area contributed by atoms with Crippen LogP contribution in [0.2, 0.25) is 0 Å². The number of nitrogens with one attached hydrogen (secondary N) is 1. The molecular weight excluding hydrogens is 418 g/mol. The lowest BCUT2D eigenvalue weighted by atomic mass is 10.0. The topological polar surface area (TPSA) is 62.3 Å². The van der Waals surface area contributed by atoms with Crippen LogP contribution in [-0.4, -0.2) is 21.7 Å². The van der Waals surface area contributed by atoms with Crippen LogP contribution in [0.15, 0.2) is 103 Å². The molecule has 0 spiro atoms. The number of carbonyl (C=O) groups is 2. The molecule has 0 saturated heterocycles. The average molecular weight is 442 g/mol. The molecular formula is C26H23N3O2S. The van der Waals surface area contributed by atoms with Gasteiger partial charge in [-0.2, -0.15) is 0 Å². The Hall–Kier alpha value is -3.77. The third kappa shape index (κ3) is 5.28. The van der Waals surface area contributed by atoms with Gasteiger partial charge in [0.1, 0.15) is 11.7 Å². The van der Waals surface area contributed by atoms with Crippen LogP contribution in [0.25, 0.3) is 0 Å². The van der Waals surface area contributed by atoms with E-state index in [1.54, 1.807) is 40.6 Å². The van der Waals surface area contributed by atoms with E-state index in [2.05, 4.69) is 10.3 Å². The van der Waals surface area contributed by atoms with Gasteiger partial charge in [0.15, 0.2) is 0 Å². The minimum Gasteiger partial charge on any atom is -0.350 e. The van der Waals surface area contributed by atoms with Crippen molar-refractivity contribution in [3.63, 3.8) is 0 Å². The lowest BCUT2D eigenvalue weighted by molar-refractivity contribution is -0.126. The summed E-state index contributed by atoms with van der Waals surface area (Å²) in [5, 5.41) is 4.98. The van der Waals surface area contributed by atoms with E-state index in [4.69, 9.17) is 0 Å². The number of amides is 2. The Morgan fingerprint density at radius 3 is 2.25 bits per heavy atom. The molecule has 0 unspecified atom stereocenters. The van der Waals surface area contributed by atoms with Crippen LogP contribution in [0.5, 0.6) is 0 Å². The van der Waals surface area contributed by atoms with Gasteiger partial charge >= 0.3 is 0 Å². The quantitative estimate of drug-likeness (QED) is 0.425. The molecule has 1 N–H and O–H groups in total. The lowest BCUT2D eigenvalue weighted by Gasteiger charge is -2.31. The van der Waals surface area contributed by atoms with Gasteiger partial charge in [-0.15, -0.1) is 11.3 Å². The summed E-state index contributed by atoms with van der Waals surface area (Å²) in [5.74, 6) is -0.524. The Morgan fingerprint density at radius 1 is 0.875 bits per heavy atom. The Kier molecular flexibility index (Phi) is 7.05. The molecule has 2 amide bonds. The van der Waals surface area contributed by atoms with Crippen molar-refractivity contribution in [2.45, 2.75) is 19.1 Å². The van der Waals surface area contributed by atoms with Gasteiger partial charge in [-0.3, -0.25) is 14.6 Å². The molecule has 32 heavy (non-hydrogen) atoms. The fraction of sp³-hybridized carbons (Fsp3) is 0.115. The Labute approximate surface area is 191 Å². The number of nitrogens with zero attached hydrogens (tertiary/aromatic N) is 2. The zero-order chi connectivity index (χ0) is 22.2. The molecule has 5 nitrogen and oxygen atoms in total. The van der Waals surface area contributed by atoms with Crippen molar-refractivity contribution in [2.75, 3.05) is 0 Å². The molecule has 0 bridgehead atoms. The second kappa shape index (κ2) is 10.5. The zero-order valence-corrected chi connectivity index (χ0v) is 18.2. The fourth-order valence-corrected chi connectivity index (χ4v) is 4.18. The minimum absolute atomic E-state index is 0.235. The summed E-state index contributed by atoms with van der Waals surface area (Å²) in [6.45, 7) is 0.693. The molecule has 2 aromatic carbocycles. The van der Waals surface area contributed by atoms with Crippen molar-refractivity contribution in [3.8, 4) is 0 Å². The van der Waals surface area contributed by atoms with Crippen molar-refractivity contribution in [1.29, 1.82) is 0 Å². The van der Waals surface area contributed by atoms with E-state index >= 15 is 0 Å². The van der Waals surface area contributed by atoms with E-state index in [9.17, 15) is 9.59 Å². The zero-order valence-electron chi connectivity index (χ0n) is 17.4. The van der Waals surface area contributed by atoms with Gasteiger partial charge in [0.05, 0.1) is 6.54 Å². The first kappa shape index (κ1) is 21.5. The van der Waals surface area contributed by atoms with Gasteiger partial charge in [-0.1, -0.05) is 72.8 Å². The number of thiophene rings is 1. The molecule has 1 atom stereocenters. The predicted octanol–water partition coefficient (Wildman–Crippen LogP) is 4.84. The van der Waals surface area contributed by atoms with Crippen molar-refractivity contribution >= 4 is 23.2 Å². The van der Waals surface area contributed by atoms with Crippen LogP contribution in [0.1, 0.15) is 32.5 Å². The second-order valence-corrected chi connectivity index (χ2v) is 8.28. The van der Waals surface area contributed by atoms with Crippen LogP contribution in [0.4, 0.5) is 0 Å². The van der Waals surface area contributed by atoms with Gasteiger partial charge in [-0.05, 0) is 34.7 Å². The van der Waals surface area contributed by atoms with Crippen LogP contribution < -0.4 is 5.32 Å². The Bertz CT molecular complexity index is 1130. The molecule has 0 aliphatic rings. The van der Waals surface area contributed by atoms with Gasteiger partial charge in [-0.25, -0.2) is 0 Å². The highest BCUT2D eigenvalue weighted by Crippen LogP contribution is 2.26. The van der Waals surface area contributed by atoms with E-state index < -0.39 is 6.04 Å². The average Bonchev–Trinajstić information content (AvgIpc) is 3.37. The third-order valence-corrected chi connectivity index (χ3v) is 5.90.